The summed E-state index contributed by atoms with van der Waals surface area (Å²) in [6.45, 7) is 0. The number of methoxy groups -OCH3 is 1. The second kappa shape index (κ2) is 9.34. The molecule has 10 heteroatoms. The number of carbonyl (C=O) groups excluding carboxylic acids is 1. The number of anilines is 1. The lowest BCUT2D eigenvalue weighted by atomic mass is 9.96. The van der Waals surface area contributed by atoms with E-state index < -0.39 is 23.2 Å². The van der Waals surface area contributed by atoms with E-state index in [2.05, 4.69) is 10.3 Å². The second-order valence-corrected chi connectivity index (χ2v) is 8.13. The highest BCUT2D eigenvalue weighted by molar-refractivity contribution is 6.31. The molecule has 0 atom stereocenters. The number of aromatic amines is 1. The van der Waals surface area contributed by atoms with Crippen LogP contribution in [0.3, 0.4) is 0 Å². The number of H-pyrrole nitrogens is 1. The van der Waals surface area contributed by atoms with Crippen molar-refractivity contribution in [2.75, 3.05) is 12.4 Å². The van der Waals surface area contributed by atoms with Crippen LogP contribution in [-0.4, -0.2) is 23.1 Å². The Balaban J connectivity index is 1.88. The van der Waals surface area contributed by atoms with Gasteiger partial charge in [-0.15, -0.1) is 0 Å². The summed E-state index contributed by atoms with van der Waals surface area (Å²) < 4.78 is 45.5. The monoisotopic (exact) mass is 502 g/mol. The fraction of sp³-hybridized carbons (Fsp3) is 0.120. The maximum Gasteiger partial charge on any atom is 0.416 e. The van der Waals surface area contributed by atoms with Gasteiger partial charge in [-0.05, 0) is 54.1 Å². The van der Waals surface area contributed by atoms with Gasteiger partial charge in [0.1, 0.15) is 17.2 Å². The van der Waals surface area contributed by atoms with Crippen molar-refractivity contribution < 1.29 is 27.8 Å². The number of carbonyl (C=O) groups is 1. The molecule has 3 N–H and O–H groups in total. The standard InChI is InChI=1S/C25H18ClF3N2O4/c1-35-16-6-2-13(3-7-16)10-21(33)31-23-22(18-12-15(26)5-9-20(18)32)17-11-14(25(27,28)29)4-8-19(17)30-24(23)34/h2-9,11-12,32H,10H2,1H3,(H,30,34)(H,31,33). The highest BCUT2D eigenvalue weighted by atomic mass is 35.5. The minimum atomic E-state index is -4.66. The SMILES string of the molecule is COc1ccc(CC(=O)Nc2c(-c3cc(Cl)ccc3O)c3cc(C(F)(F)F)ccc3[nH]c2=O)cc1. The molecule has 0 aliphatic rings. The van der Waals surface area contributed by atoms with Crippen molar-refractivity contribution in [1.82, 2.24) is 4.98 Å². The van der Waals surface area contributed by atoms with Crippen molar-refractivity contribution in [2.45, 2.75) is 12.6 Å². The Morgan fingerprint density at radius 2 is 1.80 bits per heavy atom. The number of halogens is 4. The average Bonchev–Trinajstić information content (AvgIpc) is 2.81. The first-order valence-corrected chi connectivity index (χ1v) is 10.6. The molecule has 0 aliphatic heterocycles. The van der Waals surface area contributed by atoms with E-state index in [1.54, 1.807) is 24.3 Å². The summed E-state index contributed by atoms with van der Waals surface area (Å²) in [7, 11) is 1.50. The average molecular weight is 503 g/mol. The zero-order valence-corrected chi connectivity index (χ0v) is 18.9. The quantitative estimate of drug-likeness (QED) is 0.323. The highest BCUT2D eigenvalue weighted by Gasteiger charge is 2.31. The summed E-state index contributed by atoms with van der Waals surface area (Å²) in [5, 5.41) is 13.1. The number of pyridine rings is 1. The Bertz CT molecular complexity index is 1480. The lowest BCUT2D eigenvalue weighted by Gasteiger charge is -2.16. The Morgan fingerprint density at radius 3 is 2.46 bits per heavy atom. The van der Waals surface area contributed by atoms with Gasteiger partial charge in [-0.2, -0.15) is 13.2 Å². The minimum absolute atomic E-state index is 0.00679. The maximum absolute atomic E-state index is 13.5. The van der Waals surface area contributed by atoms with Crippen LogP contribution in [0.2, 0.25) is 5.02 Å². The third kappa shape index (κ3) is 5.09. The molecule has 0 aliphatic carbocycles. The number of benzene rings is 3. The van der Waals surface area contributed by atoms with Gasteiger partial charge in [0.25, 0.3) is 5.56 Å². The fourth-order valence-electron chi connectivity index (χ4n) is 3.69. The Morgan fingerprint density at radius 1 is 1.09 bits per heavy atom. The van der Waals surface area contributed by atoms with Gasteiger partial charge in [0.05, 0.1) is 19.1 Å². The Hall–Kier alpha value is -3.98. The molecule has 0 bridgehead atoms. The molecule has 0 saturated heterocycles. The Kier molecular flexibility index (Phi) is 6.45. The third-order valence-corrected chi connectivity index (χ3v) is 5.59. The molecule has 4 rings (SSSR count). The summed E-state index contributed by atoms with van der Waals surface area (Å²) in [5.41, 5.74) is -1.42. The van der Waals surface area contributed by atoms with Crippen LogP contribution in [0.25, 0.3) is 22.0 Å². The van der Waals surface area contributed by atoms with E-state index in [1.165, 1.54) is 25.3 Å². The zero-order chi connectivity index (χ0) is 25.3. The maximum atomic E-state index is 13.5. The molecule has 6 nitrogen and oxygen atoms in total. The van der Waals surface area contributed by atoms with Crippen molar-refractivity contribution in [3.05, 3.63) is 87.2 Å². The number of hydrogen-bond acceptors (Lipinski definition) is 4. The number of phenols is 1. The van der Waals surface area contributed by atoms with Crippen molar-refractivity contribution >= 4 is 34.1 Å². The first-order valence-electron chi connectivity index (χ1n) is 10.3. The summed E-state index contributed by atoms with van der Waals surface area (Å²) >= 11 is 6.08. The predicted molar refractivity (Wildman–Crippen MR) is 127 cm³/mol. The van der Waals surface area contributed by atoms with E-state index in [0.717, 1.165) is 18.2 Å². The van der Waals surface area contributed by atoms with E-state index >= 15 is 0 Å². The highest BCUT2D eigenvalue weighted by Crippen LogP contribution is 2.41. The van der Waals surface area contributed by atoms with Crippen LogP contribution < -0.4 is 15.6 Å². The van der Waals surface area contributed by atoms with Crippen LogP contribution in [0.4, 0.5) is 18.9 Å². The van der Waals surface area contributed by atoms with Crippen molar-refractivity contribution in [2.24, 2.45) is 0 Å². The number of amides is 1. The summed E-state index contributed by atoms with van der Waals surface area (Å²) in [6.07, 6.45) is -4.78. The molecule has 1 heterocycles. The number of fused-ring (bicyclic) bond motifs is 1. The van der Waals surface area contributed by atoms with Gasteiger partial charge in [0, 0.05) is 27.1 Å². The minimum Gasteiger partial charge on any atom is -0.507 e. The van der Waals surface area contributed by atoms with Gasteiger partial charge in [-0.3, -0.25) is 9.59 Å². The van der Waals surface area contributed by atoms with Crippen LogP contribution in [-0.2, 0) is 17.4 Å². The number of ether oxygens (including phenoxy) is 1. The first-order chi connectivity index (χ1) is 16.6. The molecule has 4 aromatic rings. The number of nitrogens with one attached hydrogen (secondary N) is 2. The molecule has 0 radical (unpaired) electrons. The zero-order valence-electron chi connectivity index (χ0n) is 18.2. The van der Waals surface area contributed by atoms with Crippen molar-refractivity contribution in [3.8, 4) is 22.6 Å². The normalized spacial score (nSPS) is 11.5. The molecule has 0 fully saturated rings. The molecule has 35 heavy (non-hydrogen) atoms. The first kappa shape index (κ1) is 24.2. The van der Waals surface area contributed by atoms with E-state index in [0.29, 0.717) is 11.3 Å². The van der Waals surface area contributed by atoms with Crippen molar-refractivity contribution in [3.63, 3.8) is 0 Å². The van der Waals surface area contributed by atoms with Crippen LogP contribution >= 0.6 is 11.6 Å². The molecule has 1 amide bonds. The molecule has 0 unspecified atom stereocenters. The molecule has 180 valence electrons. The largest absolute Gasteiger partial charge is 0.507 e. The topological polar surface area (TPSA) is 91.4 Å². The predicted octanol–water partition coefficient (Wildman–Crippen LogP) is 5.76. The molecule has 0 spiro atoms. The van der Waals surface area contributed by atoms with E-state index in [1.807, 2.05) is 0 Å². The molecular formula is C25H18ClF3N2O4. The lowest BCUT2D eigenvalue weighted by molar-refractivity contribution is -0.137. The summed E-state index contributed by atoms with van der Waals surface area (Å²) in [6, 6.07) is 13.4. The summed E-state index contributed by atoms with van der Waals surface area (Å²) in [4.78, 5) is 28.3. The Labute approximate surface area is 201 Å². The molecular weight excluding hydrogens is 485 g/mol. The van der Waals surface area contributed by atoms with Gasteiger partial charge in [-0.25, -0.2) is 0 Å². The number of phenolic OH excluding ortho intramolecular Hbond substituents is 1. The van der Waals surface area contributed by atoms with E-state index in [9.17, 15) is 27.9 Å². The number of aromatic nitrogens is 1. The number of hydrogen-bond donors (Lipinski definition) is 3. The van der Waals surface area contributed by atoms with Gasteiger partial charge in [0.2, 0.25) is 5.91 Å². The second-order valence-electron chi connectivity index (χ2n) is 7.70. The number of alkyl halides is 3. The van der Waals surface area contributed by atoms with Gasteiger partial charge < -0.3 is 20.1 Å². The molecule has 3 aromatic carbocycles. The number of aromatic hydroxyl groups is 1. The fourth-order valence-corrected chi connectivity index (χ4v) is 3.86. The van der Waals surface area contributed by atoms with Gasteiger partial charge >= 0.3 is 6.18 Å². The van der Waals surface area contributed by atoms with E-state index in [4.69, 9.17) is 16.3 Å². The molecule has 0 saturated carbocycles. The van der Waals surface area contributed by atoms with Crippen LogP contribution in [0.1, 0.15) is 11.1 Å². The van der Waals surface area contributed by atoms with E-state index in [-0.39, 0.29) is 44.9 Å². The van der Waals surface area contributed by atoms with Crippen LogP contribution in [0.5, 0.6) is 11.5 Å². The van der Waals surface area contributed by atoms with Crippen LogP contribution in [0.15, 0.2) is 65.5 Å². The third-order valence-electron chi connectivity index (χ3n) is 5.36. The van der Waals surface area contributed by atoms with Gasteiger partial charge in [-0.1, -0.05) is 23.7 Å². The van der Waals surface area contributed by atoms with Gasteiger partial charge in [0.15, 0.2) is 0 Å². The summed E-state index contributed by atoms with van der Waals surface area (Å²) in [5.74, 6) is -0.321. The smallest absolute Gasteiger partial charge is 0.416 e. The molecule has 1 aromatic heterocycles. The number of rotatable bonds is 5. The van der Waals surface area contributed by atoms with Crippen molar-refractivity contribution in [1.29, 1.82) is 0 Å². The lowest BCUT2D eigenvalue weighted by Crippen LogP contribution is -2.22. The van der Waals surface area contributed by atoms with Crippen LogP contribution in [0, 0.1) is 0 Å².